The Morgan fingerprint density at radius 2 is 2.64 bits per heavy atom. The summed E-state index contributed by atoms with van der Waals surface area (Å²) in [6, 6.07) is 3.86. The molecule has 1 aromatic heterocycles. The zero-order chi connectivity index (χ0) is 8.10. The fourth-order valence-electron chi connectivity index (χ4n) is 0.552. The quantitative estimate of drug-likeness (QED) is 0.523. The average molecular weight is 168 g/mol. The minimum absolute atomic E-state index is 0.155. The predicted molar refractivity (Wildman–Crippen MR) is 45.7 cm³/mol. The van der Waals surface area contributed by atoms with E-state index in [1.165, 1.54) is 6.92 Å². The molecule has 4 heteroatoms. The number of nitrogens with zero attached hydrogens (tertiary/aromatic N) is 1. The number of hydrazone groups is 1. The van der Waals surface area contributed by atoms with Gasteiger partial charge in [-0.2, -0.15) is 5.10 Å². The largest absolute Gasteiger partial charge is 0.274 e. The molecule has 1 aromatic rings. The van der Waals surface area contributed by atoms with Crippen LogP contribution in [-0.2, 0) is 4.79 Å². The normalized spacial score (nSPS) is 10.3. The second-order valence-electron chi connectivity index (χ2n) is 1.94. The second kappa shape index (κ2) is 3.88. The van der Waals surface area contributed by atoms with Gasteiger partial charge in [-0.3, -0.25) is 4.79 Å². The summed E-state index contributed by atoms with van der Waals surface area (Å²) in [5, 5.41) is 5.65. The van der Waals surface area contributed by atoms with Crippen LogP contribution < -0.4 is 5.43 Å². The molecule has 11 heavy (non-hydrogen) atoms. The highest BCUT2D eigenvalue weighted by Gasteiger charge is 1.86. The topological polar surface area (TPSA) is 41.5 Å². The molecule has 0 aromatic carbocycles. The van der Waals surface area contributed by atoms with Gasteiger partial charge in [0, 0.05) is 11.8 Å². The first-order chi connectivity index (χ1) is 5.29. The molecule has 0 aliphatic carbocycles. The maximum absolute atomic E-state index is 10.4. The Morgan fingerprint density at radius 3 is 3.18 bits per heavy atom. The first-order valence-corrected chi connectivity index (χ1v) is 4.00. The molecule has 0 aliphatic rings. The summed E-state index contributed by atoms with van der Waals surface area (Å²) < 4.78 is 0. The summed E-state index contributed by atoms with van der Waals surface area (Å²) in [4.78, 5) is 11.4. The molecular formula is C7H8N2OS. The van der Waals surface area contributed by atoms with Crippen molar-refractivity contribution < 1.29 is 4.79 Å². The van der Waals surface area contributed by atoms with Crippen LogP contribution in [0.15, 0.2) is 22.6 Å². The van der Waals surface area contributed by atoms with Gasteiger partial charge in [0.25, 0.3) is 0 Å². The van der Waals surface area contributed by atoms with Gasteiger partial charge in [-0.1, -0.05) is 6.07 Å². The van der Waals surface area contributed by atoms with Crippen LogP contribution in [0.2, 0.25) is 0 Å². The minimum atomic E-state index is -0.155. The van der Waals surface area contributed by atoms with E-state index in [4.69, 9.17) is 0 Å². The van der Waals surface area contributed by atoms with Crippen LogP contribution in [0, 0.1) is 0 Å². The minimum Gasteiger partial charge on any atom is -0.274 e. The van der Waals surface area contributed by atoms with E-state index in [-0.39, 0.29) is 5.91 Å². The fourth-order valence-corrected chi connectivity index (χ4v) is 1.14. The number of carbonyl (C=O) groups excluding carboxylic acids is 1. The zero-order valence-corrected chi connectivity index (χ0v) is 6.89. The van der Waals surface area contributed by atoms with Crippen LogP contribution in [0.4, 0.5) is 0 Å². The maximum atomic E-state index is 10.4. The summed E-state index contributed by atoms with van der Waals surface area (Å²) in [7, 11) is 0. The van der Waals surface area contributed by atoms with Gasteiger partial charge in [0.1, 0.15) is 0 Å². The van der Waals surface area contributed by atoms with Crippen molar-refractivity contribution >= 4 is 23.5 Å². The summed E-state index contributed by atoms with van der Waals surface area (Å²) >= 11 is 1.57. The molecule has 0 saturated carbocycles. The Labute approximate surface area is 68.7 Å². The van der Waals surface area contributed by atoms with E-state index in [1.54, 1.807) is 17.6 Å². The highest BCUT2D eigenvalue weighted by Crippen LogP contribution is 2.03. The molecule has 1 rings (SSSR count). The standard InChI is InChI=1S/C7H8N2OS/c1-6(10)9-8-5-7-3-2-4-11-7/h2-5H,1H3,(H,9,10)/b8-5+. The van der Waals surface area contributed by atoms with Gasteiger partial charge >= 0.3 is 0 Å². The number of carbonyl (C=O) groups is 1. The van der Waals surface area contributed by atoms with Crippen molar-refractivity contribution in [2.45, 2.75) is 6.92 Å². The van der Waals surface area contributed by atoms with Crippen molar-refractivity contribution in [3.05, 3.63) is 22.4 Å². The Balaban J connectivity index is 2.43. The SMILES string of the molecule is CC(=O)N/N=C/c1cccs1. The number of thiophene rings is 1. The molecule has 58 valence electrons. The molecule has 1 amide bonds. The molecule has 1 heterocycles. The first kappa shape index (κ1) is 7.94. The summed E-state index contributed by atoms with van der Waals surface area (Å²) in [6.45, 7) is 1.42. The third-order valence-corrected chi connectivity index (χ3v) is 1.76. The Bertz CT molecular complexity index is 253. The molecule has 0 atom stereocenters. The van der Waals surface area contributed by atoms with Crippen molar-refractivity contribution in [2.75, 3.05) is 0 Å². The number of amides is 1. The van der Waals surface area contributed by atoms with Crippen LogP contribution in [-0.4, -0.2) is 12.1 Å². The number of nitrogens with one attached hydrogen (secondary N) is 1. The Morgan fingerprint density at radius 1 is 1.82 bits per heavy atom. The fraction of sp³-hybridized carbons (Fsp3) is 0.143. The predicted octanol–water partition coefficient (Wildman–Crippen LogP) is 1.22. The lowest BCUT2D eigenvalue weighted by molar-refractivity contribution is -0.118. The van der Waals surface area contributed by atoms with Crippen molar-refractivity contribution in [1.82, 2.24) is 5.43 Å². The van der Waals surface area contributed by atoms with Crippen molar-refractivity contribution in [1.29, 1.82) is 0 Å². The van der Waals surface area contributed by atoms with Gasteiger partial charge in [0.05, 0.1) is 6.21 Å². The van der Waals surface area contributed by atoms with E-state index in [0.717, 1.165) is 4.88 Å². The van der Waals surface area contributed by atoms with Crippen LogP contribution in [0.3, 0.4) is 0 Å². The first-order valence-electron chi connectivity index (χ1n) is 3.12. The Hall–Kier alpha value is -1.16. The Kier molecular flexibility index (Phi) is 2.80. The number of hydrogen-bond acceptors (Lipinski definition) is 3. The van der Waals surface area contributed by atoms with Crippen molar-refractivity contribution in [3.63, 3.8) is 0 Å². The molecule has 0 radical (unpaired) electrons. The van der Waals surface area contributed by atoms with E-state index in [0.29, 0.717) is 0 Å². The van der Waals surface area contributed by atoms with Gasteiger partial charge in [0.15, 0.2) is 0 Å². The molecule has 3 nitrogen and oxygen atoms in total. The van der Waals surface area contributed by atoms with Crippen LogP contribution in [0.1, 0.15) is 11.8 Å². The van der Waals surface area contributed by atoms with Crippen molar-refractivity contribution in [2.24, 2.45) is 5.10 Å². The van der Waals surface area contributed by atoms with Gasteiger partial charge in [0.2, 0.25) is 5.91 Å². The van der Waals surface area contributed by atoms with E-state index >= 15 is 0 Å². The summed E-state index contributed by atoms with van der Waals surface area (Å²) in [6.07, 6.45) is 1.62. The lowest BCUT2D eigenvalue weighted by atomic mass is 10.5. The highest BCUT2D eigenvalue weighted by molar-refractivity contribution is 7.11. The second-order valence-corrected chi connectivity index (χ2v) is 2.92. The van der Waals surface area contributed by atoms with E-state index in [1.807, 2.05) is 17.5 Å². The number of rotatable bonds is 2. The lowest BCUT2D eigenvalue weighted by Crippen LogP contribution is -2.11. The van der Waals surface area contributed by atoms with Crippen LogP contribution in [0.5, 0.6) is 0 Å². The average Bonchev–Trinajstić information content (AvgIpc) is 2.39. The smallest absolute Gasteiger partial charge is 0.236 e. The van der Waals surface area contributed by atoms with Gasteiger partial charge in [-0.05, 0) is 11.4 Å². The zero-order valence-electron chi connectivity index (χ0n) is 6.07. The van der Waals surface area contributed by atoms with Gasteiger partial charge < -0.3 is 0 Å². The molecule has 0 unspecified atom stereocenters. The van der Waals surface area contributed by atoms with Crippen molar-refractivity contribution in [3.8, 4) is 0 Å². The monoisotopic (exact) mass is 168 g/mol. The lowest BCUT2D eigenvalue weighted by Gasteiger charge is -1.87. The molecule has 0 bridgehead atoms. The third-order valence-electron chi connectivity index (χ3n) is 0.957. The summed E-state index contributed by atoms with van der Waals surface area (Å²) in [5.74, 6) is -0.155. The molecule has 0 spiro atoms. The van der Waals surface area contributed by atoms with Crippen LogP contribution in [0.25, 0.3) is 0 Å². The molecular weight excluding hydrogens is 160 g/mol. The van der Waals surface area contributed by atoms with Gasteiger partial charge in [-0.25, -0.2) is 5.43 Å². The van der Waals surface area contributed by atoms with Gasteiger partial charge in [-0.15, -0.1) is 11.3 Å². The van der Waals surface area contributed by atoms with E-state index in [9.17, 15) is 4.79 Å². The third kappa shape index (κ3) is 2.95. The maximum Gasteiger partial charge on any atom is 0.236 e. The van der Waals surface area contributed by atoms with E-state index in [2.05, 4.69) is 10.5 Å². The molecule has 0 fully saturated rings. The van der Waals surface area contributed by atoms with E-state index < -0.39 is 0 Å². The molecule has 1 N–H and O–H groups in total. The number of hydrogen-bond donors (Lipinski definition) is 1. The highest BCUT2D eigenvalue weighted by atomic mass is 32.1. The molecule has 0 saturated heterocycles. The molecule has 0 aliphatic heterocycles. The van der Waals surface area contributed by atoms with Crippen LogP contribution >= 0.6 is 11.3 Å². The summed E-state index contributed by atoms with van der Waals surface area (Å²) in [5.41, 5.74) is 2.32.